The summed E-state index contributed by atoms with van der Waals surface area (Å²) in [5.41, 5.74) is -0.193. The molecule has 0 unspecified atom stereocenters. The second kappa shape index (κ2) is 5.31. The third-order valence-corrected chi connectivity index (χ3v) is 4.42. The number of hydrogen-bond acceptors (Lipinski definition) is 5. The van der Waals surface area contributed by atoms with E-state index >= 15 is 0 Å². The van der Waals surface area contributed by atoms with E-state index in [1.165, 1.54) is 0 Å². The minimum atomic E-state index is -4.68. The van der Waals surface area contributed by atoms with Crippen molar-refractivity contribution in [3.8, 4) is 5.75 Å². The summed E-state index contributed by atoms with van der Waals surface area (Å²) < 4.78 is 21.3. The van der Waals surface area contributed by atoms with Crippen LogP contribution < -0.4 is 9.64 Å². The Hall–Kier alpha value is -1.47. The summed E-state index contributed by atoms with van der Waals surface area (Å²) in [5, 5.41) is 0. The van der Waals surface area contributed by atoms with E-state index < -0.39 is 20.2 Å². The fraction of sp³-hybridized carbons (Fsp3) is 0.538. The number of carbonyl (C=O) groups excluding carboxylic acids is 1. The van der Waals surface area contributed by atoms with Crippen LogP contribution in [0.5, 0.6) is 5.75 Å². The number of rotatable bonds is 4. The number of carbonyl (C=O) groups is 1. The molecule has 3 rings (SSSR count). The number of aryl methyl sites for hydroxylation is 1. The summed E-state index contributed by atoms with van der Waals surface area (Å²) in [6.45, 7) is 1.37. The van der Waals surface area contributed by atoms with Gasteiger partial charge < -0.3 is 14.5 Å². The highest BCUT2D eigenvalue weighted by molar-refractivity contribution is 7.46. The molecule has 1 aromatic heterocycles. The summed E-state index contributed by atoms with van der Waals surface area (Å²) in [4.78, 5) is 35.9. The highest BCUT2D eigenvalue weighted by Crippen LogP contribution is 2.46. The van der Waals surface area contributed by atoms with Crippen LogP contribution in [0.2, 0.25) is 0 Å². The van der Waals surface area contributed by atoms with Gasteiger partial charge in [-0.25, -0.2) is 9.55 Å². The molecular weight excluding hydrogens is 311 g/mol. The number of fused-ring (bicyclic) bond motifs is 1. The van der Waals surface area contributed by atoms with Gasteiger partial charge in [0, 0.05) is 5.69 Å². The van der Waals surface area contributed by atoms with E-state index in [2.05, 4.69) is 9.51 Å². The van der Waals surface area contributed by atoms with Crippen LogP contribution in [0.15, 0.2) is 12.1 Å². The van der Waals surface area contributed by atoms with E-state index in [-0.39, 0.29) is 11.7 Å². The second-order valence-electron chi connectivity index (χ2n) is 5.41. The first kappa shape index (κ1) is 15.4. The molecule has 1 aliphatic carbocycles. The van der Waals surface area contributed by atoms with Crippen molar-refractivity contribution in [2.24, 2.45) is 0 Å². The third kappa shape index (κ3) is 2.63. The number of phosphoric acid groups is 1. The standard InChI is InChI=1S/C13H17N2O6P/c1-2-9-4-5-10-11(14-9)15(8-20-22(17,18)19)12(16)13(21-10)6-3-7-13/h4-5H,2-3,6-8H2,1H3,(H2,17,18,19). The Kier molecular flexibility index (Phi) is 3.72. The lowest BCUT2D eigenvalue weighted by Gasteiger charge is -2.46. The van der Waals surface area contributed by atoms with Crippen LogP contribution in [0, 0.1) is 0 Å². The number of hydrogen-bond donors (Lipinski definition) is 2. The van der Waals surface area contributed by atoms with Gasteiger partial charge >= 0.3 is 7.82 Å². The molecule has 1 aliphatic heterocycles. The van der Waals surface area contributed by atoms with Crippen LogP contribution in [0.3, 0.4) is 0 Å². The Labute approximate surface area is 127 Å². The predicted molar refractivity (Wildman–Crippen MR) is 76.3 cm³/mol. The molecule has 0 atom stereocenters. The lowest BCUT2D eigenvalue weighted by Crippen LogP contribution is -2.60. The van der Waals surface area contributed by atoms with Gasteiger partial charge in [0.15, 0.2) is 17.2 Å². The Balaban J connectivity index is 1.97. The smallest absolute Gasteiger partial charge is 0.471 e. The van der Waals surface area contributed by atoms with E-state index in [9.17, 15) is 9.36 Å². The summed E-state index contributed by atoms with van der Waals surface area (Å²) in [5.74, 6) is 0.321. The van der Waals surface area contributed by atoms with Crippen LogP contribution in [-0.2, 0) is 20.3 Å². The molecule has 2 heterocycles. The van der Waals surface area contributed by atoms with Gasteiger partial charge in [-0.15, -0.1) is 0 Å². The quantitative estimate of drug-likeness (QED) is 0.803. The van der Waals surface area contributed by atoms with Crippen LogP contribution in [0.4, 0.5) is 5.82 Å². The highest BCUT2D eigenvalue weighted by Gasteiger charge is 2.53. The third-order valence-electron chi connectivity index (χ3n) is 3.97. The molecule has 22 heavy (non-hydrogen) atoms. The number of nitrogens with zero attached hydrogens (tertiary/aromatic N) is 2. The van der Waals surface area contributed by atoms with Crippen LogP contribution in [0.25, 0.3) is 0 Å². The van der Waals surface area contributed by atoms with Gasteiger partial charge in [-0.2, -0.15) is 0 Å². The molecule has 1 amide bonds. The van der Waals surface area contributed by atoms with E-state index in [0.717, 1.165) is 17.0 Å². The maximum Gasteiger partial charge on any atom is 0.471 e. The topological polar surface area (TPSA) is 109 Å². The average molecular weight is 328 g/mol. The number of phosphoric ester groups is 1. The molecule has 1 spiro atoms. The zero-order valence-electron chi connectivity index (χ0n) is 12.1. The van der Waals surface area contributed by atoms with Gasteiger partial charge in [-0.05, 0) is 37.8 Å². The fourth-order valence-electron chi connectivity index (χ4n) is 2.61. The number of pyridine rings is 1. The molecule has 9 heteroatoms. The molecule has 1 saturated carbocycles. The second-order valence-corrected chi connectivity index (χ2v) is 6.65. The summed E-state index contributed by atoms with van der Waals surface area (Å²) >= 11 is 0. The molecule has 2 aliphatic rings. The maximum atomic E-state index is 12.6. The number of aromatic nitrogens is 1. The zero-order valence-corrected chi connectivity index (χ0v) is 13.0. The monoisotopic (exact) mass is 328 g/mol. The minimum Gasteiger partial charge on any atom is -0.474 e. The molecular formula is C13H17N2O6P. The molecule has 1 fully saturated rings. The van der Waals surface area contributed by atoms with Crippen molar-refractivity contribution in [1.82, 2.24) is 4.98 Å². The Morgan fingerprint density at radius 3 is 2.73 bits per heavy atom. The first-order valence-corrected chi connectivity index (χ1v) is 8.59. The van der Waals surface area contributed by atoms with Crippen molar-refractivity contribution in [2.45, 2.75) is 38.2 Å². The maximum absolute atomic E-state index is 12.6. The summed E-state index contributed by atoms with van der Waals surface area (Å²) in [7, 11) is -4.68. The molecule has 120 valence electrons. The predicted octanol–water partition coefficient (Wildman–Crippen LogP) is 1.36. The van der Waals surface area contributed by atoms with Crippen molar-refractivity contribution < 1.29 is 28.4 Å². The largest absolute Gasteiger partial charge is 0.474 e. The van der Waals surface area contributed by atoms with Crippen molar-refractivity contribution in [1.29, 1.82) is 0 Å². The van der Waals surface area contributed by atoms with Gasteiger partial charge in [0.2, 0.25) is 0 Å². The SMILES string of the molecule is CCc1ccc2c(n1)N(COP(=O)(O)O)C(=O)C1(CCC1)O2. The summed E-state index contributed by atoms with van der Waals surface area (Å²) in [6, 6.07) is 3.54. The van der Waals surface area contributed by atoms with Crippen molar-refractivity contribution in [3.05, 3.63) is 17.8 Å². The molecule has 0 saturated heterocycles. The van der Waals surface area contributed by atoms with E-state index in [4.69, 9.17) is 14.5 Å². The highest BCUT2D eigenvalue weighted by atomic mass is 31.2. The fourth-order valence-corrected chi connectivity index (χ4v) is 2.87. The molecule has 2 N–H and O–H groups in total. The Bertz CT molecular complexity index is 654. The zero-order chi connectivity index (χ0) is 16.0. The molecule has 8 nitrogen and oxygen atoms in total. The van der Waals surface area contributed by atoms with E-state index in [1.807, 2.05) is 13.0 Å². The molecule has 0 aromatic carbocycles. The minimum absolute atomic E-state index is 0.246. The number of ether oxygens (including phenoxy) is 1. The number of amides is 1. The normalized spacial score (nSPS) is 19.6. The molecule has 0 bridgehead atoms. The van der Waals surface area contributed by atoms with Crippen LogP contribution >= 0.6 is 7.82 Å². The van der Waals surface area contributed by atoms with Crippen LogP contribution in [-0.4, -0.2) is 33.0 Å². The number of anilines is 1. The van der Waals surface area contributed by atoms with Gasteiger partial charge in [-0.3, -0.25) is 14.2 Å². The first-order valence-electron chi connectivity index (χ1n) is 7.06. The first-order chi connectivity index (χ1) is 10.3. The van der Waals surface area contributed by atoms with Crippen LogP contribution in [0.1, 0.15) is 31.9 Å². The van der Waals surface area contributed by atoms with Crippen molar-refractivity contribution in [2.75, 3.05) is 11.6 Å². The molecule has 1 aromatic rings. The molecule has 0 radical (unpaired) electrons. The average Bonchev–Trinajstić information content (AvgIpc) is 2.42. The van der Waals surface area contributed by atoms with E-state index in [1.54, 1.807) is 6.07 Å². The lowest BCUT2D eigenvalue weighted by molar-refractivity contribution is -0.144. The van der Waals surface area contributed by atoms with Crippen molar-refractivity contribution in [3.63, 3.8) is 0 Å². The Morgan fingerprint density at radius 1 is 1.45 bits per heavy atom. The van der Waals surface area contributed by atoms with Crippen molar-refractivity contribution >= 4 is 19.5 Å². The van der Waals surface area contributed by atoms with Gasteiger partial charge in [0.05, 0.1) is 0 Å². The van der Waals surface area contributed by atoms with Gasteiger partial charge in [-0.1, -0.05) is 6.92 Å². The summed E-state index contributed by atoms with van der Waals surface area (Å²) in [6.07, 6.45) is 2.69. The van der Waals surface area contributed by atoms with E-state index in [0.29, 0.717) is 25.0 Å². The Morgan fingerprint density at radius 2 is 2.18 bits per heavy atom. The van der Waals surface area contributed by atoms with Gasteiger partial charge in [0.1, 0.15) is 6.73 Å². The van der Waals surface area contributed by atoms with Gasteiger partial charge in [0.25, 0.3) is 5.91 Å². The lowest BCUT2D eigenvalue weighted by atomic mass is 9.78.